The van der Waals surface area contributed by atoms with Gasteiger partial charge in [0.25, 0.3) is 0 Å². The molecule has 3 heterocycles. The second-order valence-electron chi connectivity index (χ2n) is 5.78. The van der Waals surface area contributed by atoms with Crippen LogP contribution in [0.2, 0.25) is 0 Å². The molecule has 3 rings (SSSR count). The molecule has 1 N–H and O–H groups in total. The van der Waals surface area contributed by atoms with Crippen LogP contribution in [0.1, 0.15) is 38.5 Å². The van der Waals surface area contributed by atoms with Gasteiger partial charge in [0.15, 0.2) is 0 Å². The van der Waals surface area contributed by atoms with Crippen LogP contribution in [0, 0.1) is 11.8 Å². The normalized spacial score (nSPS) is 43.4. The van der Waals surface area contributed by atoms with E-state index < -0.39 is 9.84 Å². The van der Waals surface area contributed by atoms with Crippen molar-refractivity contribution in [3.63, 3.8) is 0 Å². The Kier molecular flexibility index (Phi) is 2.75. The third-order valence-corrected chi connectivity index (χ3v) is 6.56. The summed E-state index contributed by atoms with van der Waals surface area (Å²) in [4.78, 5) is 0. The SMILES string of the molecule is O=S1(=O)CCC(C2CCC3CCC2N3)CC1. The summed E-state index contributed by atoms with van der Waals surface area (Å²) in [5, 5.41) is 3.71. The number of nitrogens with one attached hydrogen (secondary N) is 1. The van der Waals surface area contributed by atoms with Gasteiger partial charge in [-0.15, -0.1) is 0 Å². The summed E-state index contributed by atoms with van der Waals surface area (Å²) in [5.74, 6) is 2.29. The molecule has 3 unspecified atom stereocenters. The first kappa shape index (κ1) is 11.0. The van der Waals surface area contributed by atoms with E-state index >= 15 is 0 Å². The minimum absolute atomic E-state index is 0.435. The number of hydrogen-bond donors (Lipinski definition) is 1. The molecule has 92 valence electrons. The summed E-state index contributed by atoms with van der Waals surface area (Å²) < 4.78 is 22.8. The zero-order chi connectivity index (χ0) is 11.2. The molecule has 0 spiro atoms. The molecule has 3 aliphatic rings. The highest BCUT2D eigenvalue weighted by atomic mass is 32.2. The van der Waals surface area contributed by atoms with Gasteiger partial charge in [-0.25, -0.2) is 8.42 Å². The number of hydrogen-bond acceptors (Lipinski definition) is 3. The summed E-state index contributed by atoms with van der Waals surface area (Å²) >= 11 is 0. The fourth-order valence-electron chi connectivity index (χ4n) is 3.91. The van der Waals surface area contributed by atoms with Crippen molar-refractivity contribution in [3.8, 4) is 0 Å². The third-order valence-electron chi connectivity index (χ3n) is 4.85. The van der Waals surface area contributed by atoms with E-state index in [1.165, 1.54) is 25.7 Å². The first-order valence-electron chi connectivity index (χ1n) is 6.60. The molecule has 0 aromatic rings. The first-order chi connectivity index (χ1) is 7.64. The van der Waals surface area contributed by atoms with Crippen molar-refractivity contribution >= 4 is 9.84 Å². The minimum Gasteiger partial charge on any atom is -0.311 e. The topological polar surface area (TPSA) is 46.2 Å². The Morgan fingerprint density at radius 1 is 0.875 bits per heavy atom. The highest BCUT2D eigenvalue weighted by Crippen LogP contribution is 2.39. The molecule has 0 saturated carbocycles. The van der Waals surface area contributed by atoms with Gasteiger partial charge in [-0.3, -0.25) is 0 Å². The largest absolute Gasteiger partial charge is 0.311 e. The Morgan fingerprint density at radius 2 is 1.56 bits per heavy atom. The van der Waals surface area contributed by atoms with Crippen LogP contribution in [0.15, 0.2) is 0 Å². The minimum atomic E-state index is -2.69. The van der Waals surface area contributed by atoms with Gasteiger partial charge in [0, 0.05) is 12.1 Å². The molecule has 3 saturated heterocycles. The van der Waals surface area contributed by atoms with E-state index in [0.29, 0.717) is 23.5 Å². The second-order valence-corrected chi connectivity index (χ2v) is 8.08. The molecule has 3 fully saturated rings. The molecule has 3 nitrogen and oxygen atoms in total. The van der Waals surface area contributed by atoms with E-state index in [9.17, 15) is 8.42 Å². The van der Waals surface area contributed by atoms with Crippen molar-refractivity contribution in [2.45, 2.75) is 50.6 Å². The van der Waals surface area contributed by atoms with Crippen LogP contribution in [-0.2, 0) is 9.84 Å². The monoisotopic (exact) mass is 243 g/mol. The molecule has 3 atom stereocenters. The van der Waals surface area contributed by atoms with Crippen LogP contribution in [0.5, 0.6) is 0 Å². The van der Waals surface area contributed by atoms with Gasteiger partial charge in [-0.05, 0) is 50.4 Å². The van der Waals surface area contributed by atoms with Crippen molar-refractivity contribution in [2.75, 3.05) is 11.5 Å². The fraction of sp³-hybridized carbons (Fsp3) is 1.00. The van der Waals surface area contributed by atoms with Crippen molar-refractivity contribution in [1.29, 1.82) is 0 Å². The number of piperidine rings is 1. The number of fused-ring (bicyclic) bond motifs is 2. The molecule has 2 bridgehead atoms. The summed E-state index contributed by atoms with van der Waals surface area (Å²) in [5.41, 5.74) is 0. The highest BCUT2D eigenvalue weighted by molar-refractivity contribution is 7.91. The lowest BCUT2D eigenvalue weighted by atomic mass is 9.78. The molecule has 0 amide bonds. The fourth-order valence-corrected chi connectivity index (χ4v) is 5.44. The Hall–Kier alpha value is -0.0900. The predicted octanol–water partition coefficient (Wildman–Crippen LogP) is 1.34. The van der Waals surface area contributed by atoms with E-state index in [1.807, 2.05) is 0 Å². The third kappa shape index (κ3) is 2.02. The molecule has 0 aromatic heterocycles. The van der Waals surface area contributed by atoms with E-state index in [4.69, 9.17) is 0 Å². The molecule has 0 aliphatic carbocycles. The molecule has 16 heavy (non-hydrogen) atoms. The quantitative estimate of drug-likeness (QED) is 0.756. The number of rotatable bonds is 1. The lowest BCUT2D eigenvalue weighted by molar-refractivity contribution is 0.193. The Morgan fingerprint density at radius 3 is 2.31 bits per heavy atom. The van der Waals surface area contributed by atoms with Crippen molar-refractivity contribution in [1.82, 2.24) is 5.32 Å². The molecule has 0 aromatic carbocycles. The molecular formula is C12H21NO2S. The van der Waals surface area contributed by atoms with Gasteiger partial charge in [0.05, 0.1) is 11.5 Å². The lowest BCUT2D eigenvalue weighted by Crippen LogP contribution is -2.44. The van der Waals surface area contributed by atoms with Gasteiger partial charge in [-0.1, -0.05) is 0 Å². The Balaban J connectivity index is 1.65. The average Bonchev–Trinajstić information content (AvgIpc) is 2.62. The standard InChI is InChI=1S/C12H21NO2S/c14-16(15)7-5-9(6-8-16)11-3-1-10-2-4-12(11)13-10/h9-13H,1-8H2. The van der Waals surface area contributed by atoms with Crippen LogP contribution in [0.25, 0.3) is 0 Å². The van der Waals surface area contributed by atoms with E-state index in [2.05, 4.69) is 5.32 Å². The molecule has 0 radical (unpaired) electrons. The maximum Gasteiger partial charge on any atom is 0.150 e. The van der Waals surface area contributed by atoms with Crippen LogP contribution in [0.4, 0.5) is 0 Å². The van der Waals surface area contributed by atoms with Gasteiger partial charge < -0.3 is 5.32 Å². The van der Waals surface area contributed by atoms with Crippen molar-refractivity contribution < 1.29 is 8.42 Å². The smallest absolute Gasteiger partial charge is 0.150 e. The number of sulfone groups is 1. The maximum absolute atomic E-state index is 11.4. The van der Waals surface area contributed by atoms with E-state index in [0.717, 1.165) is 24.8 Å². The molecule has 3 aliphatic heterocycles. The van der Waals surface area contributed by atoms with Crippen LogP contribution < -0.4 is 5.32 Å². The van der Waals surface area contributed by atoms with Gasteiger partial charge >= 0.3 is 0 Å². The van der Waals surface area contributed by atoms with Gasteiger partial charge in [0.1, 0.15) is 9.84 Å². The highest BCUT2D eigenvalue weighted by Gasteiger charge is 2.40. The van der Waals surface area contributed by atoms with Crippen molar-refractivity contribution in [2.24, 2.45) is 11.8 Å². The molecular weight excluding hydrogens is 222 g/mol. The predicted molar refractivity (Wildman–Crippen MR) is 64.0 cm³/mol. The average molecular weight is 243 g/mol. The van der Waals surface area contributed by atoms with Crippen LogP contribution in [0.3, 0.4) is 0 Å². The Labute approximate surface area is 97.9 Å². The van der Waals surface area contributed by atoms with Crippen LogP contribution in [-0.4, -0.2) is 32.0 Å². The van der Waals surface area contributed by atoms with Gasteiger partial charge in [0.2, 0.25) is 0 Å². The first-order valence-corrected chi connectivity index (χ1v) is 8.43. The van der Waals surface area contributed by atoms with Gasteiger partial charge in [-0.2, -0.15) is 0 Å². The maximum atomic E-state index is 11.4. The second kappa shape index (κ2) is 3.98. The van der Waals surface area contributed by atoms with Crippen molar-refractivity contribution in [3.05, 3.63) is 0 Å². The Bertz CT molecular complexity index is 351. The zero-order valence-electron chi connectivity index (χ0n) is 9.69. The van der Waals surface area contributed by atoms with Crippen LogP contribution >= 0.6 is 0 Å². The summed E-state index contributed by atoms with van der Waals surface area (Å²) in [6, 6.07) is 1.47. The summed E-state index contributed by atoms with van der Waals surface area (Å²) in [7, 11) is -2.69. The summed E-state index contributed by atoms with van der Waals surface area (Å²) in [6.45, 7) is 0. The van der Waals surface area contributed by atoms with E-state index in [-0.39, 0.29) is 0 Å². The molecule has 4 heteroatoms. The summed E-state index contributed by atoms with van der Waals surface area (Å²) in [6.07, 6.45) is 7.12. The zero-order valence-corrected chi connectivity index (χ0v) is 10.5. The lowest BCUT2D eigenvalue weighted by Gasteiger charge is -2.37. The van der Waals surface area contributed by atoms with E-state index in [1.54, 1.807) is 0 Å².